The van der Waals surface area contributed by atoms with Crippen molar-refractivity contribution in [1.82, 2.24) is 9.88 Å². The van der Waals surface area contributed by atoms with Gasteiger partial charge in [0.25, 0.3) is 0 Å². The van der Waals surface area contributed by atoms with E-state index >= 15 is 0 Å². The summed E-state index contributed by atoms with van der Waals surface area (Å²) in [6, 6.07) is 19.6. The highest BCUT2D eigenvalue weighted by atomic mass is 16.5. The number of aromatic nitrogens is 1. The first-order valence-corrected chi connectivity index (χ1v) is 11.3. The molecule has 3 aromatic rings. The predicted molar refractivity (Wildman–Crippen MR) is 122 cm³/mol. The number of unbranched alkanes of at least 4 members (excludes halogenated alkanes) is 1. The number of rotatable bonds is 9. The minimum atomic E-state index is 0.714. The molecule has 0 spiro atoms. The molecule has 2 aromatic carbocycles. The van der Waals surface area contributed by atoms with Gasteiger partial charge in [-0.15, -0.1) is 0 Å². The van der Waals surface area contributed by atoms with E-state index in [1.165, 1.54) is 73.9 Å². The van der Waals surface area contributed by atoms with Crippen LogP contribution in [-0.4, -0.2) is 36.1 Å². The van der Waals surface area contributed by atoms with Gasteiger partial charge in [-0.1, -0.05) is 30.3 Å². The van der Waals surface area contributed by atoms with Crippen molar-refractivity contribution >= 4 is 10.9 Å². The fourth-order valence-electron chi connectivity index (χ4n) is 4.68. The van der Waals surface area contributed by atoms with Crippen LogP contribution in [0.15, 0.2) is 54.6 Å². The van der Waals surface area contributed by atoms with Gasteiger partial charge in [0.1, 0.15) is 5.75 Å². The first kappa shape index (κ1) is 20.0. The van der Waals surface area contributed by atoms with Crippen molar-refractivity contribution < 1.29 is 4.74 Å². The molecule has 154 valence electrons. The van der Waals surface area contributed by atoms with Crippen LogP contribution >= 0.6 is 0 Å². The number of aromatic amines is 1. The second-order valence-corrected chi connectivity index (χ2v) is 8.43. The van der Waals surface area contributed by atoms with Crippen molar-refractivity contribution in [3.63, 3.8) is 0 Å². The Morgan fingerprint density at radius 3 is 2.83 bits per heavy atom. The van der Waals surface area contributed by atoms with Gasteiger partial charge in [-0.2, -0.15) is 0 Å². The van der Waals surface area contributed by atoms with Crippen LogP contribution in [0.1, 0.15) is 43.9 Å². The van der Waals surface area contributed by atoms with Crippen molar-refractivity contribution in [2.24, 2.45) is 5.92 Å². The number of hydrogen-bond acceptors (Lipinski definition) is 2. The van der Waals surface area contributed by atoms with Crippen LogP contribution < -0.4 is 4.74 Å². The molecule has 3 nitrogen and oxygen atoms in total. The molecule has 1 saturated heterocycles. The molecule has 1 atom stereocenters. The monoisotopic (exact) mass is 390 g/mol. The van der Waals surface area contributed by atoms with Gasteiger partial charge in [0.2, 0.25) is 0 Å². The Morgan fingerprint density at radius 1 is 1.07 bits per heavy atom. The molecule has 0 saturated carbocycles. The molecule has 1 fully saturated rings. The zero-order chi connectivity index (χ0) is 19.9. The molecule has 1 aliphatic heterocycles. The Kier molecular flexibility index (Phi) is 6.89. The van der Waals surface area contributed by atoms with Gasteiger partial charge >= 0.3 is 0 Å². The van der Waals surface area contributed by atoms with Gasteiger partial charge < -0.3 is 14.6 Å². The Hall–Kier alpha value is -2.26. The third-order valence-corrected chi connectivity index (χ3v) is 6.10. The smallest absolute Gasteiger partial charge is 0.120 e. The summed E-state index contributed by atoms with van der Waals surface area (Å²) < 4.78 is 5.62. The number of nitrogens with one attached hydrogen (secondary N) is 1. The Bertz CT molecular complexity index is 886. The van der Waals surface area contributed by atoms with Crippen molar-refractivity contribution in [2.45, 2.75) is 45.4 Å². The van der Waals surface area contributed by atoms with Crippen LogP contribution in [-0.2, 0) is 12.8 Å². The molecule has 29 heavy (non-hydrogen) atoms. The summed E-state index contributed by atoms with van der Waals surface area (Å²) in [5.41, 5.74) is 4.04. The number of piperidine rings is 1. The number of likely N-dealkylation sites (tertiary alicyclic amines) is 1. The van der Waals surface area contributed by atoms with Crippen LogP contribution in [0, 0.1) is 5.92 Å². The molecular weight excluding hydrogens is 356 g/mol. The highest BCUT2D eigenvalue weighted by Gasteiger charge is 2.19. The van der Waals surface area contributed by atoms with Gasteiger partial charge in [-0.25, -0.2) is 0 Å². The molecule has 1 aromatic heterocycles. The summed E-state index contributed by atoms with van der Waals surface area (Å²) in [6.07, 6.45) is 7.60. The zero-order valence-electron chi connectivity index (χ0n) is 17.7. The minimum Gasteiger partial charge on any atom is -0.494 e. The number of hydrogen-bond donors (Lipinski definition) is 1. The molecule has 2 heterocycles. The summed E-state index contributed by atoms with van der Waals surface area (Å²) in [5, 5.41) is 1.26. The van der Waals surface area contributed by atoms with Gasteiger partial charge in [0.05, 0.1) is 6.61 Å². The van der Waals surface area contributed by atoms with Crippen LogP contribution in [0.2, 0.25) is 0 Å². The molecule has 1 N–H and O–H groups in total. The second-order valence-electron chi connectivity index (χ2n) is 8.43. The van der Waals surface area contributed by atoms with Gasteiger partial charge in [0, 0.05) is 23.1 Å². The second kappa shape index (κ2) is 9.98. The van der Waals surface area contributed by atoms with E-state index in [0.29, 0.717) is 6.61 Å². The number of ether oxygens (including phenoxy) is 1. The van der Waals surface area contributed by atoms with Gasteiger partial charge in [-0.3, -0.25) is 0 Å². The fraction of sp³-hybridized carbons (Fsp3) is 0.462. The van der Waals surface area contributed by atoms with E-state index < -0.39 is 0 Å². The van der Waals surface area contributed by atoms with E-state index in [2.05, 4.69) is 58.4 Å². The lowest BCUT2D eigenvalue weighted by molar-refractivity contribution is 0.171. The number of nitrogens with zero attached hydrogens (tertiary/aromatic N) is 1. The molecule has 1 aliphatic rings. The predicted octanol–water partition coefficient (Wildman–Crippen LogP) is 5.84. The Morgan fingerprint density at radius 2 is 1.97 bits per heavy atom. The van der Waals surface area contributed by atoms with E-state index in [-0.39, 0.29) is 0 Å². The highest BCUT2D eigenvalue weighted by molar-refractivity contribution is 5.81. The van der Waals surface area contributed by atoms with Crippen LogP contribution in [0.5, 0.6) is 5.75 Å². The standard InChI is InChI=1S/C26H34N2O/c1-2-29-25-13-14-26-23(19-25)18-24(27-26)12-6-7-15-28-16-8-11-22(20-28)17-21-9-4-3-5-10-21/h3-5,9-10,13-14,18-19,22,27H,2,6-8,11-12,15-17,20H2,1H3. The zero-order valence-corrected chi connectivity index (χ0v) is 17.7. The lowest BCUT2D eigenvalue weighted by atomic mass is 9.91. The van der Waals surface area contributed by atoms with E-state index in [0.717, 1.165) is 18.1 Å². The quantitative estimate of drug-likeness (QED) is 0.465. The van der Waals surface area contributed by atoms with E-state index in [1.54, 1.807) is 0 Å². The SMILES string of the molecule is CCOc1ccc2[nH]c(CCCCN3CCCC(Cc4ccccc4)C3)cc2c1. The first-order valence-electron chi connectivity index (χ1n) is 11.3. The topological polar surface area (TPSA) is 28.3 Å². The maximum absolute atomic E-state index is 5.62. The largest absolute Gasteiger partial charge is 0.494 e. The maximum atomic E-state index is 5.62. The number of fused-ring (bicyclic) bond motifs is 1. The Labute approximate surface area is 175 Å². The fourth-order valence-corrected chi connectivity index (χ4v) is 4.68. The molecule has 0 aliphatic carbocycles. The van der Waals surface area contributed by atoms with Crippen molar-refractivity contribution in [2.75, 3.05) is 26.2 Å². The van der Waals surface area contributed by atoms with E-state index in [9.17, 15) is 0 Å². The van der Waals surface area contributed by atoms with Crippen molar-refractivity contribution in [3.05, 3.63) is 65.9 Å². The molecule has 0 bridgehead atoms. The summed E-state index contributed by atoms with van der Waals surface area (Å²) in [5.74, 6) is 1.78. The number of benzene rings is 2. The van der Waals surface area contributed by atoms with E-state index in [4.69, 9.17) is 4.74 Å². The van der Waals surface area contributed by atoms with Crippen molar-refractivity contribution in [3.8, 4) is 5.75 Å². The number of H-pyrrole nitrogens is 1. The molecular formula is C26H34N2O. The van der Waals surface area contributed by atoms with Crippen LogP contribution in [0.3, 0.4) is 0 Å². The molecule has 0 radical (unpaired) electrons. The van der Waals surface area contributed by atoms with E-state index in [1.807, 2.05) is 13.0 Å². The lowest BCUT2D eigenvalue weighted by Gasteiger charge is -2.32. The summed E-state index contributed by atoms with van der Waals surface area (Å²) >= 11 is 0. The first-order chi connectivity index (χ1) is 14.3. The molecule has 3 heteroatoms. The van der Waals surface area contributed by atoms with Crippen molar-refractivity contribution in [1.29, 1.82) is 0 Å². The van der Waals surface area contributed by atoms with Gasteiger partial charge in [0.15, 0.2) is 0 Å². The summed E-state index contributed by atoms with van der Waals surface area (Å²) in [6.45, 7) is 6.52. The average molecular weight is 391 g/mol. The number of aryl methyl sites for hydroxylation is 1. The summed E-state index contributed by atoms with van der Waals surface area (Å²) in [7, 11) is 0. The summed E-state index contributed by atoms with van der Waals surface area (Å²) in [4.78, 5) is 6.26. The lowest BCUT2D eigenvalue weighted by Crippen LogP contribution is -2.36. The van der Waals surface area contributed by atoms with Crippen LogP contribution in [0.25, 0.3) is 10.9 Å². The van der Waals surface area contributed by atoms with Gasteiger partial charge in [-0.05, 0) is 94.3 Å². The molecule has 0 amide bonds. The molecule has 4 rings (SSSR count). The third kappa shape index (κ3) is 5.63. The highest BCUT2D eigenvalue weighted by Crippen LogP contribution is 2.23. The minimum absolute atomic E-state index is 0.714. The molecule has 1 unspecified atom stereocenters. The average Bonchev–Trinajstić information content (AvgIpc) is 3.15. The Balaban J connectivity index is 1.21. The maximum Gasteiger partial charge on any atom is 0.120 e. The van der Waals surface area contributed by atoms with Crippen LogP contribution in [0.4, 0.5) is 0 Å². The normalized spacial score (nSPS) is 17.6. The third-order valence-electron chi connectivity index (χ3n) is 6.10.